The molecule has 2 N–H and O–H groups in total. The van der Waals surface area contributed by atoms with Crippen LogP contribution in [0.5, 0.6) is 0 Å². The lowest BCUT2D eigenvalue weighted by Gasteiger charge is -2.14. The molecule has 0 fully saturated rings. The van der Waals surface area contributed by atoms with Crippen LogP contribution in [0.2, 0.25) is 10.0 Å². The molecule has 6 heteroatoms. The third-order valence-corrected chi connectivity index (χ3v) is 3.64. The summed E-state index contributed by atoms with van der Waals surface area (Å²) in [6.45, 7) is 0.454. The van der Waals surface area contributed by atoms with E-state index >= 15 is 0 Å². The number of ether oxygens (including phenoxy) is 1. The van der Waals surface area contributed by atoms with Crippen LogP contribution in [-0.2, 0) is 4.74 Å². The highest BCUT2D eigenvalue weighted by molar-refractivity contribution is 6.36. The Morgan fingerprint density at radius 2 is 1.95 bits per heavy atom. The third-order valence-electron chi connectivity index (χ3n) is 2.98. The van der Waals surface area contributed by atoms with E-state index in [4.69, 9.17) is 33.7 Å². The summed E-state index contributed by atoms with van der Waals surface area (Å²) in [6, 6.07) is 8.78. The van der Waals surface area contributed by atoms with Crippen molar-refractivity contribution >= 4 is 34.8 Å². The van der Waals surface area contributed by atoms with Crippen LogP contribution in [0.1, 0.15) is 17.4 Å². The van der Waals surface area contributed by atoms with Crippen molar-refractivity contribution < 1.29 is 4.74 Å². The number of rotatable bonds is 2. The zero-order valence-electron chi connectivity index (χ0n) is 10.4. The molecule has 4 nitrogen and oxygen atoms in total. The standard InChI is InChI=1S/C14H11Cl2N3O/c15-9-2-1-3-10(16)13(9)12-7-19-14(20-12)11-6-8(17)4-5-18-11/h1-6,12H,7H2,(H2,17,18). The summed E-state index contributed by atoms with van der Waals surface area (Å²) in [6.07, 6.45) is 1.32. The van der Waals surface area contributed by atoms with E-state index in [9.17, 15) is 0 Å². The second-order valence-corrected chi connectivity index (χ2v) is 5.18. The molecule has 2 heterocycles. The second kappa shape index (κ2) is 5.31. The van der Waals surface area contributed by atoms with Crippen molar-refractivity contribution in [3.05, 3.63) is 57.8 Å². The van der Waals surface area contributed by atoms with Crippen LogP contribution in [0, 0.1) is 0 Å². The van der Waals surface area contributed by atoms with E-state index in [0.717, 1.165) is 5.56 Å². The number of aromatic nitrogens is 1. The number of nitrogens with two attached hydrogens (primary N) is 1. The lowest BCUT2D eigenvalue weighted by Crippen LogP contribution is -2.09. The molecule has 1 unspecified atom stereocenters. The summed E-state index contributed by atoms with van der Waals surface area (Å²) in [5.41, 5.74) is 7.69. The molecule has 20 heavy (non-hydrogen) atoms. The van der Waals surface area contributed by atoms with Crippen LogP contribution in [0.4, 0.5) is 5.69 Å². The van der Waals surface area contributed by atoms with Gasteiger partial charge in [0.2, 0.25) is 5.90 Å². The Morgan fingerprint density at radius 3 is 2.65 bits per heavy atom. The smallest absolute Gasteiger partial charge is 0.236 e. The SMILES string of the molecule is Nc1ccnc(C2=NCC(c3c(Cl)cccc3Cl)O2)c1. The molecule has 3 rings (SSSR count). The minimum atomic E-state index is -0.297. The highest BCUT2D eigenvalue weighted by Crippen LogP contribution is 2.35. The van der Waals surface area contributed by atoms with Gasteiger partial charge < -0.3 is 10.5 Å². The summed E-state index contributed by atoms with van der Waals surface area (Å²) in [7, 11) is 0. The van der Waals surface area contributed by atoms with Crippen molar-refractivity contribution in [2.24, 2.45) is 4.99 Å². The largest absolute Gasteiger partial charge is 0.466 e. The minimum absolute atomic E-state index is 0.297. The van der Waals surface area contributed by atoms with Crippen molar-refractivity contribution in [3.63, 3.8) is 0 Å². The number of anilines is 1. The van der Waals surface area contributed by atoms with Crippen LogP contribution in [0.15, 0.2) is 41.5 Å². The minimum Gasteiger partial charge on any atom is -0.466 e. The van der Waals surface area contributed by atoms with Gasteiger partial charge in [-0.3, -0.25) is 4.98 Å². The number of aliphatic imine (C=N–C) groups is 1. The normalized spacial score (nSPS) is 17.7. The first-order valence-electron chi connectivity index (χ1n) is 6.02. The van der Waals surface area contributed by atoms with Crippen LogP contribution in [-0.4, -0.2) is 17.4 Å². The number of halogens is 2. The Bertz CT molecular complexity index is 668. The molecule has 0 bridgehead atoms. The van der Waals surface area contributed by atoms with Crippen molar-refractivity contribution in [1.82, 2.24) is 4.98 Å². The summed E-state index contributed by atoms with van der Waals surface area (Å²) >= 11 is 12.4. The number of nitrogens with zero attached hydrogens (tertiary/aromatic N) is 2. The van der Waals surface area contributed by atoms with Gasteiger partial charge in [0, 0.05) is 27.5 Å². The summed E-state index contributed by atoms with van der Waals surface area (Å²) < 4.78 is 5.81. The van der Waals surface area contributed by atoms with Gasteiger partial charge in [-0.25, -0.2) is 4.99 Å². The van der Waals surface area contributed by atoms with E-state index in [1.54, 1.807) is 36.5 Å². The third kappa shape index (κ3) is 2.44. The molecule has 102 valence electrons. The molecular formula is C14H11Cl2N3O. The maximum Gasteiger partial charge on any atom is 0.236 e. The quantitative estimate of drug-likeness (QED) is 0.924. The Labute approximate surface area is 126 Å². The fraction of sp³-hybridized carbons (Fsp3) is 0.143. The summed E-state index contributed by atoms with van der Waals surface area (Å²) in [5, 5.41) is 1.14. The Hall–Kier alpha value is -1.78. The lowest BCUT2D eigenvalue weighted by atomic mass is 10.1. The fourth-order valence-electron chi connectivity index (χ4n) is 2.05. The number of hydrogen-bond donors (Lipinski definition) is 1. The lowest BCUT2D eigenvalue weighted by molar-refractivity contribution is 0.230. The molecule has 1 atom stereocenters. The van der Waals surface area contributed by atoms with E-state index in [1.165, 1.54) is 0 Å². The van der Waals surface area contributed by atoms with E-state index in [1.807, 2.05) is 0 Å². The summed E-state index contributed by atoms with van der Waals surface area (Å²) in [4.78, 5) is 8.54. The first-order valence-corrected chi connectivity index (χ1v) is 6.77. The van der Waals surface area contributed by atoms with E-state index in [2.05, 4.69) is 9.98 Å². The van der Waals surface area contributed by atoms with Gasteiger partial charge in [-0.05, 0) is 24.3 Å². The maximum absolute atomic E-state index is 6.18. The van der Waals surface area contributed by atoms with Crippen LogP contribution >= 0.6 is 23.2 Å². The van der Waals surface area contributed by atoms with Gasteiger partial charge in [0.1, 0.15) is 11.8 Å². The van der Waals surface area contributed by atoms with E-state index in [0.29, 0.717) is 33.9 Å². The van der Waals surface area contributed by atoms with Crippen molar-refractivity contribution in [2.75, 3.05) is 12.3 Å². The van der Waals surface area contributed by atoms with Crippen LogP contribution in [0.25, 0.3) is 0 Å². The van der Waals surface area contributed by atoms with E-state index < -0.39 is 0 Å². The van der Waals surface area contributed by atoms with Gasteiger partial charge in [-0.2, -0.15) is 0 Å². The van der Waals surface area contributed by atoms with Gasteiger partial charge in [-0.1, -0.05) is 29.3 Å². The molecule has 1 aliphatic heterocycles. The van der Waals surface area contributed by atoms with Gasteiger partial charge >= 0.3 is 0 Å². The Balaban J connectivity index is 1.86. The first-order chi connectivity index (χ1) is 9.65. The maximum atomic E-state index is 6.18. The molecule has 0 aliphatic carbocycles. The average Bonchev–Trinajstić information content (AvgIpc) is 2.88. The Morgan fingerprint density at radius 1 is 1.20 bits per heavy atom. The molecule has 0 saturated heterocycles. The van der Waals surface area contributed by atoms with E-state index in [-0.39, 0.29) is 6.10 Å². The van der Waals surface area contributed by atoms with Gasteiger partial charge in [-0.15, -0.1) is 0 Å². The molecular weight excluding hydrogens is 297 g/mol. The van der Waals surface area contributed by atoms with Crippen molar-refractivity contribution in [1.29, 1.82) is 0 Å². The predicted octanol–water partition coefficient (Wildman–Crippen LogP) is 3.49. The van der Waals surface area contributed by atoms with Crippen molar-refractivity contribution in [2.45, 2.75) is 6.10 Å². The number of nitrogen functional groups attached to an aromatic ring is 1. The highest BCUT2D eigenvalue weighted by Gasteiger charge is 2.27. The zero-order valence-corrected chi connectivity index (χ0v) is 11.9. The van der Waals surface area contributed by atoms with Gasteiger partial charge in [0.15, 0.2) is 0 Å². The number of benzene rings is 1. The highest BCUT2D eigenvalue weighted by atomic mass is 35.5. The monoisotopic (exact) mass is 307 g/mol. The predicted molar refractivity (Wildman–Crippen MR) is 80.3 cm³/mol. The fourth-order valence-corrected chi connectivity index (χ4v) is 2.69. The average molecular weight is 308 g/mol. The molecule has 0 radical (unpaired) electrons. The molecule has 0 saturated carbocycles. The molecule has 1 aromatic carbocycles. The van der Waals surface area contributed by atoms with Crippen LogP contribution < -0.4 is 5.73 Å². The topological polar surface area (TPSA) is 60.5 Å². The Kier molecular flexibility index (Phi) is 3.51. The number of hydrogen-bond acceptors (Lipinski definition) is 4. The zero-order chi connectivity index (χ0) is 14.1. The number of pyridine rings is 1. The molecule has 1 aliphatic rings. The van der Waals surface area contributed by atoms with Crippen molar-refractivity contribution in [3.8, 4) is 0 Å². The van der Waals surface area contributed by atoms with Gasteiger partial charge in [0.25, 0.3) is 0 Å². The molecule has 0 amide bonds. The second-order valence-electron chi connectivity index (χ2n) is 4.36. The van der Waals surface area contributed by atoms with Gasteiger partial charge in [0.05, 0.1) is 6.54 Å². The molecule has 1 aromatic heterocycles. The first kappa shape index (κ1) is 13.2. The molecule has 2 aromatic rings. The summed E-state index contributed by atoms with van der Waals surface area (Å²) in [5.74, 6) is 0.457. The van der Waals surface area contributed by atoms with Crippen LogP contribution in [0.3, 0.4) is 0 Å². The molecule has 0 spiro atoms.